The number of aromatic nitrogens is 3. The van der Waals surface area contributed by atoms with E-state index < -0.39 is 10.0 Å². The molecule has 1 fully saturated rings. The molecule has 3 heterocycles. The molecule has 31 heavy (non-hydrogen) atoms. The van der Waals surface area contributed by atoms with E-state index in [1.807, 2.05) is 37.5 Å². The van der Waals surface area contributed by atoms with Crippen molar-refractivity contribution in [1.29, 1.82) is 0 Å². The molecule has 2 aromatic heterocycles. The van der Waals surface area contributed by atoms with Gasteiger partial charge in [-0.25, -0.2) is 13.4 Å². The minimum absolute atomic E-state index is 0.0509. The number of piperidine rings is 1. The predicted molar refractivity (Wildman–Crippen MR) is 123 cm³/mol. The van der Waals surface area contributed by atoms with Crippen molar-refractivity contribution in [2.24, 2.45) is 0 Å². The number of hydrogen-bond acceptors (Lipinski definition) is 5. The number of hydrogen-bond donors (Lipinski definition) is 1. The van der Waals surface area contributed by atoms with Gasteiger partial charge < -0.3 is 9.55 Å². The van der Waals surface area contributed by atoms with Gasteiger partial charge in [0, 0.05) is 36.6 Å². The van der Waals surface area contributed by atoms with Crippen molar-refractivity contribution in [1.82, 2.24) is 18.8 Å². The van der Waals surface area contributed by atoms with Crippen LogP contribution in [-0.2, 0) is 16.6 Å². The quantitative estimate of drug-likeness (QED) is 0.423. The Labute approximate surface area is 187 Å². The first-order valence-electron chi connectivity index (χ1n) is 10.6. The summed E-state index contributed by atoms with van der Waals surface area (Å²) in [6.45, 7) is 7.69. The van der Waals surface area contributed by atoms with E-state index in [0.29, 0.717) is 30.7 Å². The number of Topliss-reactive ketones (excluding diaryl/α,β-unsaturated/α-hetero) is 1. The Bertz CT molecular complexity index is 1220. The molecule has 1 aromatic carbocycles. The summed E-state index contributed by atoms with van der Waals surface area (Å²) in [6, 6.07) is 7.04. The Balaban J connectivity index is 1.60. The molecule has 9 heteroatoms. The third-order valence-corrected chi connectivity index (χ3v) is 8.61. The van der Waals surface area contributed by atoms with Gasteiger partial charge in [-0.3, -0.25) is 4.79 Å². The number of fused-ring (bicyclic) bond motifs is 1. The van der Waals surface area contributed by atoms with Gasteiger partial charge in [0.2, 0.25) is 10.0 Å². The van der Waals surface area contributed by atoms with Gasteiger partial charge in [0.05, 0.1) is 21.7 Å². The highest BCUT2D eigenvalue weighted by Crippen LogP contribution is 2.29. The van der Waals surface area contributed by atoms with Gasteiger partial charge in [-0.05, 0) is 57.9 Å². The Kier molecular flexibility index (Phi) is 6.27. The number of carbonyl (C=O) groups excluding carboxylic acids is 1. The van der Waals surface area contributed by atoms with Crippen LogP contribution in [0.5, 0.6) is 0 Å². The highest BCUT2D eigenvalue weighted by atomic mass is 32.2. The summed E-state index contributed by atoms with van der Waals surface area (Å²) in [5, 5.41) is 0.725. The summed E-state index contributed by atoms with van der Waals surface area (Å²) < 4.78 is 29.7. The van der Waals surface area contributed by atoms with Crippen molar-refractivity contribution < 1.29 is 13.2 Å². The summed E-state index contributed by atoms with van der Waals surface area (Å²) in [5.74, 6) is 0.329. The van der Waals surface area contributed by atoms with Gasteiger partial charge in [-0.15, -0.1) is 0 Å². The molecule has 1 aliphatic heterocycles. The number of aromatic amines is 1. The Morgan fingerprint density at radius 3 is 2.55 bits per heavy atom. The maximum absolute atomic E-state index is 13.0. The normalized spacial score (nSPS) is 15.6. The summed E-state index contributed by atoms with van der Waals surface area (Å²) in [5.41, 5.74) is 4.07. The van der Waals surface area contributed by atoms with E-state index in [-0.39, 0.29) is 16.4 Å². The van der Waals surface area contributed by atoms with Crippen LogP contribution in [0.15, 0.2) is 34.3 Å². The topological polar surface area (TPSA) is 88.1 Å². The average molecular weight is 461 g/mol. The van der Waals surface area contributed by atoms with Crippen LogP contribution in [0.2, 0.25) is 0 Å². The van der Waals surface area contributed by atoms with Crippen molar-refractivity contribution in [2.75, 3.05) is 18.8 Å². The summed E-state index contributed by atoms with van der Waals surface area (Å²) >= 11 is 1.39. The molecular weight excluding hydrogens is 432 g/mol. The van der Waals surface area contributed by atoms with Gasteiger partial charge in [-0.1, -0.05) is 18.2 Å². The van der Waals surface area contributed by atoms with E-state index in [4.69, 9.17) is 0 Å². The number of thioether (sulfide) groups is 1. The van der Waals surface area contributed by atoms with E-state index >= 15 is 0 Å². The van der Waals surface area contributed by atoms with Crippen LogP contribution < -0.4 is 0 Å². The first kappa shape index (κ1) is 22.1. The second-order valence-corrected chi connectivity index (χ2v) is 10.8. The van der Waals surface area contributed by atoms with Crippen molar-refractivity contribution in [3.8, 4) is 0 Å². The monoisotopic (exact) mass is 460 g/mol. The molecule has 3 aromatic rings. The molecule has 0 aliphatic carbocycles. The van der Waals surface area contributed by atoms with Crippen LogP contribution in [-0.4, -0.2) is 51.9 Å². The molecule has 0 unspecified atom stereocenters. The number of H-pyrrole nitrogens is 1. The molecule has 1 aliphatic rings. The molecule has 0 saturated carbocycles. The predicted octanol–water partition coefficient (Wildman–Crippen LogP) is 4.15. The third-order valence-electron chi connectivity index (χ3n) is 5.74. The Morgan fingerprint density at radius 1 is 1.16 bits per heavy atom. The van der Waals surface area contributed by atoms with Gasteiger partial charge in [0.1, 0.15) is 0 Å². The lowest BCUT2D eigenvalue weighted by Gasteiger charge is -2.25. The number of sulfonamides is 1. The van der Waals surface area contributed by atoms with Gasteiger partial charge in [0.15, 0.2) is 10.9 Å². The Morgan fingerprint density at radius 2 is 1.90 bits per heavy atom. The molecule has 0 spiro atoms. The second-order valence-electron chi connectivity index (χ2n) is 7.96. The lowest BCUT2D eigenvalue weighted by atomic mass is 10.2. The zero-order valence-corrected chi connectivity index (χ0v) is 19.8. The van der Waals surface area contributed by atoms with E-state index in [2.05, 4.69) is 9.97 Å². The number of rotatable bonds is 7. The van der Waals surface area contributed by atoms with Crippen molar-refractivity contribution in [3.63, 3.8) is 0 Å². The highest BCUT2D eigenvalue weighted by Gasteiger charge is 2.27. The SMILES string of the molecule is CCn1c(SCC(=O)c2cc(C)[nH]c2C)nc2cc(S(=O)(=O)N3CCCCC3)ccc21. The lowest BCUT2D eigenvalue weighted by Crippen LogP contribution is -2.35. The van der Waals surface area contributed by atoms with Crippen LogP contribution in [0.3, 0.4) is 0 Å². The molecule has 7 nitrogen and oxygen atoms in total. The smallest absolute Gasteiger partial charge is 0.243 e. The standard InChI is InChI=1S/C22H28N4O3S2/c1-4-26-20-9-8-17(31(28,29)25-10-6-5-7-11-25)13-19(20)24-22(26)30-14-21(27)18-12-15(2)23-16(18)3/h8-9,12-13,23H,4-7,10-11,14H2,1-3H3. The van der Waals surface area contributed by atoms with Gasteiger partial charge in [-0.2, -0.15) is 4.31 Å². The number of nitrogens with one attached hydrogen (secondary N) is 1. The molecule has 1 saturated heterocycles. The minimum Gasteiger partial charge on any atom is -0.362 e. The van der Waals surface area contributed by atoms with E-state index in [0.717, 1.165) is 41.3 Å². The summed E-state index contributed by atoms with van der Waals surface area (Å²) in [7, 11) is -3.51. The summed E-state index contributed by atoms with van der Waals surface area (Å²) in [6.07, 6.45) is 2.88. The van der Waals surface area contributed by atoms with Crippen LogP contribution in [0.25, 0.3) is 11.0 Å². The maximum atomic E-state index is 13.0. The fourth-order valence-corrected chi connectivity index (χ4v) is 6.64. The Hall–Kier alpha value is -2.10. The molecule has 0 amide bonds. The molecule has 0 bridgehead atoms. The second kappa shape index (κ2) is 8.80. The first-order chi connectivity index (χ1) is 14.8. The van der Waals surface area contributed by atoms with E-state index in [9.17, 15) is 13.2 Å². The minimum atomic E-state index is -3.51. The van der Waals surface area contributed by atoms with Crippen LogP contribution in [0, 0.1) is 13.8 Å². The molecular formula is C22H28N4O3S2. The third kappa shape index (κ3) is 4.31. The van der Waals surface area contributed by atoms with Crippen LogP contribution in [0.4, 0.5) is 0 Å². The number of aryl methyl sites for hydroxylation is 3. The van der Waals surface area contributed by atoms with Crippen molar-refractivity contribution in [3.05, 3.63) is 41.2 Å². The number of nitrogens with zero attached hydrogens (tertiary/aromatic N) is 3. The lowest BCUT2D eigenvalue weighted by molar-refractivity contribution is 0.102. The van der Waals surface area contributed by atoms with Crippen LogP contribution >= 0.6 is 11.8 Å². The zero-order valence-electron chi connectivity index (χ0n) is 18.1. The largest absolute Gasteiger partial charge is 0.362 e. The average Bonchev–Trinajstić information content (AvgIpc) is 3.30. The summed E-state index contributed by atoms with van der Waals surface area (Å²) in [4.78, 5) is 20.8. The van der Waals surface area contributed by atoms with E-state index in [1.54, 1.807) is 16.4 Å². The highest BCUT2D eigenvalue weighted by molar-refractivity contribution is 7.99. The number of carbonyl (C=O) groups is 1. The molecule has 0 radical (unpaired) electrons. The van der Waals surface area contributed by atoms with Crippen LogP contribution in [0.1, 0.15) is 47.9 Å². The number of benzene rings is 1. The number of imidazole rings is 1. The first-order valence-corrected chi connectivity index (χ1v) is 13.1. The molecule has 0 atom stereocenters. The molecule has 1 N–H and O–H groups in total. The maximum Gasteiger partial charge on any atom is 0.243 e. The number of ketones is 1. The van der Waals surface area contributed by atoms with Crippen molar-refractivity contribution >= 4 is 38.6 Å². The van der Waals surface area contributed by atoms with Gasteiger partial charge >= 0.3 is 0 Å². The fourth-order valence-electron chi connectivity index (χ4n) is 4.14. The van der Waals surface area contributed by atoms with Gasteiger partial charge in [0.25, 0.3) is 0 Å². The fraction of sp³-hybridized carbons (Fsp3) is 0.455. The zero-order chi connectivity index (χ0) is 22.2. The van der Waals surface area contributed by atoms with Crippen molar-refractivity contribution in [2.45, 2.75) is 56.6 Å². The van der Waals surface area contributed by atoms with E-state index in [1.165, 1.54) is 11.8 Å². The molecule has 166 valence electrons. The molecule has 4 rings (SSSR count).